The van der Waals surface area contributed by atoms with Crippen molar-refractivity contribution in [2.75, 3.05) is 19.6 Å². The molecule has 110 valence electrons. The summed E-state index contributed by atoms with van der Waals surface area (Å²) in [5.74, 6) is 0.642. The molecule has 1 atom stereocenters. The molecule has 1 amide bonds. The molecule has 0 aliphatic carbocycles. The smallest absolute Gasteiger partial charge is 0.270 e. The Balaban J connectivity index is 1.60. The number of nitrogens with zero attached hydrogens (tertiary/aromatic N) is 3. The van der Waals surface area contributed by atoms with Crippen LogP contribution in [0.3, 0.4) is 0 Å². The topological polar surface area (TPSA) is 49.6 Å². The Hall–Kier alpha value is -1.88. The van der Waals surface area contributed by atoms with Crippen molar-refractivity contribution in [1.82, 2.24) is 19.6 Å². The van der Waals surface area contributed by atoms with Gasteiger partial charge in [-0.1, -0.05) is 6.07 Å². The van der Waals surface area contributed by atoms with Crippen molar-refractivity contribution in [3.63, 3.8) is 0 Å². The molecule has 5 nitrogen and oxygen atoms in total. The molecule has 2 aromatic heterocycles. The van der Waals surface area contributed by atoms with Gasteiger partial charge in [0.2, 0.25) is 0 Å². The molecule has 2 aromatic rings. The first-order chi connectivity index (χ1) is 10.2. The van der Waals surface area contributed by atoms with Crippen LogP contribution in [-0.4, -0.2) is 45.9 Å². The predicted octanol–water partition coefficient (Wildman–Crippen LogP) is 1.47. The van der Waals surface area contributed by atoms with E-state index in [0.717, 1.165) is 17.9 Å². The fourth-order valence-corrected chi connectivity index (χ4v) is 3.75. The van der Waals surface area contributed by atoms with Crippen LogP contribution in [0.25, 0.3) is 5.65 Å². The van der Waals surface area contributed by atoms with Crippen LogP contribution in [-0.2, 0) is 0 Å². The molecule has 0 radical (unpaired) electrons. The lowest BCUT2D eigenvalue weighted by molar-refractivity contribution is 0.0617. The Bertz CT molecular complexity index is 685. The molecule has 0 saturated carbocycles. The number of rotatable bonds is 2. The van der Waals surface area contributed by atoms with Crippen molar-refractivity contribution >= 4 is 11.6 Å². The quantitative estimate of drug-likeness (QED) is 0.908. The maximum absolute atomic E-state index is 12.7. The zero-order valence-corrected chi connectivity index (χ0v) is 12.2. The summed E-state index contributed by atoms with van der Waals surface area (Å²) in [6.07, 6.45) is 4.31. The zero-order valence-electron chi connectivity index (χ0n) is 12.2. The minimum absolute atomic E-state index is 0.00458. The molecule has 5 rings (SSSR count). The van der Waals surface area contributed by atoms with Gasteiger partial charge < -0.3 is 10.2 Å². The van der Waals surface area contributed by atoms with Gasteiger partial charge in [-0.05, 0) is 50.9 Å². The number of nitrogens with one attached hydrogen (secondary N) is 1. The predicted molar refractivity (Wildman–Crippen MR) is 80.3 cm³/mol. The van der Waals surface area contributed by atoms with Crippen LogP contribution in [0.5, 0.6) is 0 Å². The summed E-state index contributed by atoms with van der Waals surface area (Å²) in [7, 11) is 0. The first-order valence-electron chi connectivity index (χ1n) is 7.69. The van der Waals surface area contributed by atoms with E-state index in [0.29, 0.717) is 11.6 Å². The largest absolute Gasteiger partial charge is 0.346 e. The number of hydrogen-bond donors (Lipinski definition) is 1. The van der Waals surface area contributed by atoms with Gasteiger partial charge >= 0.3 is 0 Å². The molecule has 3 aliphatic rings. The van der Waals surface area contributed by atoms with Gasteiger partial charge in [-0.2, -0.15) is 0 Å². The van der Waals surface area contributed by atoms with Crippen molar-refractivity contribution in [2.24, 2.45) is 5.92 Å². The average Bonchev–Trinajstić information content (AvgIpc) is 2.84. The lowest BCUT2D eigenvalue weighted by Gasteiger charge is -2.44. The normalized spacial score (nSPS) is 28.0. The molecule has 5 heterocycles. The van der Waals surface area contributed by atoms with E-state index in [-0.39, 0.29) is 11.9 Å². The van der Waals surface area contributed by atoms with Gasteiger partial charge in [-0.3, -0.25) is 9.20 Å². The summed E-state index contributed by atoms with van der Waals surface area (Å²) >= 11 is 0. The van der Waals surface area contributed by atoms with E-state index in [1.165, 1.54) is 25.9 Å². The third-order valence-electron chi connectivity index (χ3n) is 4.89. The molecule has 3 aliphatic heterocycles. The van der Waals surface area contributed by atoms with E-state index >= 15 is 0 Å². The molecule has 3 fully saturated rings. The number of carbonyl (C=O) groups is 1. The number of fused-ring (bicyclic) bond motifs is 4. The van der Waals surface area contributed by atoms with Crippen LogP contribution >= 0.6 is 0 Å². The molecule has 2 bridgehead atoms. The molecular weight excluding hydrogens is 264 g/mol. The van der Waals surface area contributed by atoms with Crippen LogP contribution < -0.4 is 5.32 Å². The van der Waals surface area contributed by atoms with Crippen molar-refractivity contribution in [1.29, 1.82) is 0 Å². The molecule has 1 unspecified atom stereocenters. The van der Waals surface area contributed by atoms with Gasteiger partial charge in [0, 0.05) is 18.8 Å². The number of piperidine rings is 3. The summed E-state index contributed by atoms with van der Waals surface area (Å²) in [6.45, 7) is 5.27. The van der Waals surface area contributed by atoms with Crippen LogP contribution in [0.1, 0.15) is 29.0 Å². The van der Waals surface area contributed by atoms with Crippen LogP contribution in [0.15, 0.2) is 24.4 Å². The molecule has 3 saturated heterocycles. The van der Waals surface area contributed by atoms with Gasteiger partial charge in [0.1, 0.15) is 11.3 Å². The highest BCUT2D eigenvalue weighted by atomic mass is 16.2. The second-order valence-corrected chi connectivity index (χ2v) is 6.19. The number of hydrogen-bond acceptors (Lipinski definition) is 3. The minimum atomic E-state index is 0.00458. The van der Waals surface area contributed by atoms with Gasteiger partial charge in [0.05, 0.1) is 5.69 Å². The van der Waals surface area contributed by atoms with E-state index in [1.807, 2.05) is 35.7 Å². The second-order valence-electron chi connectivity index (χ2n) is 6.19. The number of aromatic nitrogens is 2. The Kier molecular flexibility index (Phi) is 2.96. The van der Waals surface area contributed by atoms with Crippen LogP contribution in [0.4, 0.5) is 0 Å². The number of aryl methyl sites for hydroxylation is 1. The highest BCUT2D eigenvalue weighted by molar-refractivity contribution is 5.94. The summed E-state index contributed by atoms with van der Waals surface area (Å²) < 4.78 is 1.88. The second kappa shape index (κ2) is 4.84. The molecule has 0 aromatic carbocycles. The summed E-state index contributed by atoms with van der Waals surface area (Å²) in [6, 6.07) is 6.09. The van der Waals surface area contributed by atoms with Crippen molar-refractivity contribution in [3.05, 3.63) is 35.8 Å². The number of pyridine rings is 1. The minimum Gasteiger partial charge on any atom is -0.346 e. The SMILES string of the molecule is Cc1nc2ccccn2c1C(=O)NC1CN2CCC1CC2. The molecule has 21 heavy (non-hydrogen) atoms. The Morgan fingerprint density at radius 1 is 1.33 bits per heavy atom. The van der Waals surface area contributed by atoms with Crippen LogP contribution in [0.2, 0.25) is 0 Å². The summed E-state index contributed by atoms with van der Waals surface area (Å²) in [5.41, 5.74) is 2.29. The molecular formula is C16H20N4O. The third-order valence-corrected chi connectivity index (χ3v) is 4.89. The van der Waals surface area contributed by atoms with E-state index < -0.39 is 0 Å². The standard InChI is InChI=1S/C16H20N4O/c1-11-15(20-7-3-2-4-14(20)17-11)16(21)18-13-10-19-8-5-12(13)6-9-19/h2-4,7,12-13H,5-6,8-10H2,1H3,(H,18,21). The highest BCUT2D eigenvalue weighted by Gasteiger charge is 2.35. The van der Waals surface area contributed by atoms with E-state index in [9.17, 15) is 4.79 Å². The zero-order chi connectivity index (χ0) is 14.4. The van der Waals surface area contributed by atoms with Gasteiger partial charge in [0.15, 0.2) is 0 Å². The van der Waals surface area contributed by atoms with E-state index in [4.69, 9.17) is 0 Å². The lowest BCUT2D eigenvalue weighted by Crippen LogP contribution is -2.57. The Labute approximate surface area is 124 Å². The summed E-state index contributed by atoms with van der Waals surface area (Å²) in [4.78, 5) is 19.6. The van der Waals surface area contributed by atoms with E-state index in [1.54, 1.807) is 0 Å². The van der Waals surface area contributed by atoms with Gasteiger partial charge in [0.25, 0.3) is 5.91 Å². The number of imidazole rings is 1. The highest BCUT2D eigenvalue weighted by Crippen LogP contribution is 2.27. The first-order valence-corrected chi connectivity index (χ1v) is 7.69. The number of carbonyl (C=O) groups excluding carboxylic acids is 1. The summed E-state index contributed by atoms with van der Waals surface area (Å²) in [5, 5.41) is 3.24. The molecule has 5 heteroatoms. The van der Waals surface area contributed by atoms with Gasteiger partial charge in [-0.15, -0.1) is 0 Å². The lowest BCUT2D eigenvalue weighted by atomic mass is 9.84. The molecule has 1 N–H and O–H groups in total. The van der Waals surface area contributed by atoms with Crippen molar-refractivity contribution < 1.29 is 4.79 Å². The monoisotopic (exact) mass is 284 g/mol. The Morgan fingerprint density at radius 2 is 2.14 bits per heavy atom. The van der Waals surface area contributed by atoms with Crippen molar-refractivity contribution in [2.45, 2.75) is 25.8 Å². The number of amides is 1. The molecule has 0 spiro atoms. The third kappa shape index (κ3) is 2.12. The van der Waals surface area contributed by atoms with Crippen LogP contribution in [0, 0.1) is 12.8 Å². The fourth-order valence-electron chi connectivity index (χ4n) is 3.75. The van der Waals surface area contributed by atoms with Gasteiger partial charge in [-0.25, -0.2) is 4.98 Å². The van der Waals surface area contributed by atoms with Crippen molar-refractivity contribution in [3.8, 4) is 0 Å². The average molecular weight is 284 g/mol. The maximum Gasteiger partial charge on any atom is 0.270 e. The fraction of sp³-hybridized carbons (Fsp3) is 0.500. The first kappa shape index (κ1) is 12.8. The maximum atomic E-state index is 12.7. The Morgan fingerprint density at radius 3 is 2.86 bits per heavy atom. The van der Waals surface area contributed by atoms with E-state index in [2.05, 4.69) is 15.2 Å².